The van der Waals surface area contributed by atoms with Gasteiger partial charge in [-0.1, -0.05) is 15.9 Å². The Kier molecular flexibility index (Phi) is 3.64. The minimum absolute atomic E-state index is 0.0866. The largest absolute Gasteiger partial charge is 0.493 e. The van der Waals surface area contributed by atoms with Crippen LogP contribution in [-0.4, -0.2) is 18.7 Å². The summed E-state index contributed by atoms with van der Waals surface area (Å²) in [5.41, 5.74) is 2.25. The molecule has 2 amide bonds. The molecule has 1 saturated carbocycles. The minimum Gasteiger partial charge on any atom is -0.493 e. The van der Waals surface area contributed by atoms with Crippen molar-refractivity contribution in [3.8, 4) is 5.75 Å². The number of nitrogens with one attached hydrogen (secondary N) is 2. The van der Waals surface area contributed by atoms with E-state index in [0.29, 0.717) is 12.6 Å². The van der Waals surface area contributed by atoms with Gasteiger partial charge in [-0.25, -0.2) is 4.79 Å². The van der Waals surface area contributed by atoms with Crippen LogP contribution in [0.3, 0.4) is 0 Å². The molecule has 0 bridgehead atoms. The third kappa shape index (κ3) is 2.86. The molecular formula is C14H17BrN2O2. The summed E-state index contributed by atoms with van der Waals surface area (Å²) in [7, 11) is 0. The van der Waals surface area contributed by atoms with Crippen molar-refractivity contribution in [2.24, 2.45) is 0 Å². The van der Waals surface area contributed by atoms with Crippen molar-refractivity contribution in [3.05, 3.63) is 27.7 Å². The molecule has 19 heavy (non-hydrogen) atoms. The second-order valence-electron chi connectivity index (χ2n) is 5.11. The summed E-state index contributed by atoms with van der Waals surface area (Å²) in [6.07, 6.45) is 4.36. The quantitative estimate of drug-likeness (QED) is 0.898. The third-order valence-corrected chi connectivity index (χ3v) is 4.16. The second kappa shape index (κ2) is 5.41. The van der Waals surface area contributed by atoms with Crippen molar-refractivity contribution in [3.63, 3.8) is 0 Å². The number of fused-ring (bicyclic) bond motifs is 1. The maximum Gasteiger partial charge on any atom is 0.315 e. The summed E-state index contributed by atoms with van der Waals surface area (Å²) in [6, 6.07) is 4.37. The van der Waals surface area contributed by atoms with Gasteiger partial charge in [-0.15, -0.1) is 0 Å². The minimum atomic E-state index is -0.0866. The van der Waals surface area contributed by atoms with E-state index in [1.807, 2.05) is 6.07 Å². The lowest BCUT2D eigenvalue weighted by atomic mass is 9.93. The lowest BCUT2D eigenvalue weighted by molar-refractivity contribution is 0.228. The molecule has 102 valence electrons. The first-order chi connectivity index (χ1) is 9.22. The van der Waals surface area contributed by atoms with Gasteiger partial charge >= 0.3 is 6.03 Å². The molecule has 1 aromatic rings. The van der Waals surface area contributed by atoms with E-state index in [2.05, 4.69) is 32.6 Å². The molecule has 2 aliphatic rings. The Morgan fingerprint density at radius 2 is 2.26 bits per heavy atom. The highest BCUT2D eigenvalue weighted by atomic mass is 79.9. The van der Waals surface area contributed by atoms with Crippen molar-refractivity contribution in [1.82, 2.24) is 10.6 Å². The van der Waals surface area contributed by atoms with E-state index < -0.39 is 0 Å². The number of benzene rings is 1. The molecule has 1 aliphatic carbocycles. The fraction of sp³-hybridized carbons (Fsp3) is 0.500. The van der Waals surface area contributed by atoms with E-state index >= 15 is 0 Å². The maximum absolute atomic E-state index is 11.7. The smallest absolute Gasteiger partial charge is 0.315 e. The third-order valence-electron chi connectivity index (χ3n) is 3.71. The Bertz CT molecular complexity index is 500. The standard InChI is InChI=1S/C14H17BrN2O2/c15-11-6-9-4-5-19-13(9)10(7-11)8-16-14(18)17-12-2-1-3-12/h6-7,12H,1-5,8H2,(H2,16,17,18). The van der Waals surface area contributed by atoms with Gasteiger partial charge in [-0.3, -0.25) is 0 Å². The van der Waals surface area contributed by atoms with Crippen LogP contribution in [0.4, 0.5) is 4.79 Å². The average Bonchev–Trinajstić information content (AvgIpc) is 2.78. The summed E-state index contributed by atoms with van der Waals surface area (Å²) in [5, 5.41) is 5.87. The van der Waals surface area contributed by atoms with Crippen LogP contribution in [0.1, 0.15) is 30.4 Å². The summed E-state index contributed by atoms with van der Waals surface area (Å²) < 4.78 is 6.67. The first-order valence-electron chi connectivity index (χ1n) is 6.71. The van der Waals surface area contributed by atoms with Crippen molar-refractivity contribution in [1.29, 1.82) is 0 Å². The summed E-state index contributed by atoms with van der Waals surface area (Å²) in [6.45, 7) is 1.23. The number of carbonyl (C=O) groups is 1. The molecule has 1 aliphatic heterocycles. The number of urea groups is 1. The first-order valence-corrected chi connectivity index (χ1v) is 7.50. The van der Waals surface area contributed by atoms with Crippen LogP contribution in [0, 0.1) is 0 Å². The SMILES string of the molecule is O=C(NCc1cc(Br)cc2c1OCC2)NC1CCC1. The fourth-order valence-corrected chi connectivity index (χ4v) is 2.99. The van der Waals surface area contributed by atoms with Crippen LogP contribution in [0.2, 0.25) is 0 Å². The Labute approximate surface area is 121 Å². The molecule has 3 rings (SSSR count). The van der Waals surface area contributed by atoms with Gasteiger partial charge < -0.3 is 15.4 Å². The summed E-state index contributed by atoms with van der Waals surface area (Å²) in [5.74, 6) is 0.937. The van der Waals surface area contributed by atoms with Crippen molar-refractivity contribution in [2.75, 3.05) is 6.61 Å². The van der Waals surface area contributed by atoms with Crippen LogP contribution in [0.5, 0.6) is 5.75 Å². The number of carbonyl (C=O) groups excluding carboxylic acids is 1. The van der Waals surface area contributed by atoms with Crippen LogP contribution < -0.4 is 15.4 Å². The molecule has 0 unspecified atom stereocenters. The Morgan fingerprint density at radius 3 is 3.00 bits per heavy atom. The first kappa shape index (κ1) is 12.8. The van der Waals surface area contributed by atoms with E-state index in [1.165, 1.54) is 12.0 Å². The van der Waals surface area contributed by atoms with Crippen molar-refractivity contribution >= 4 is 22.0 Å². The highest BCUT2D eigenvalue weighted by Gasteiger charge is 2.20. The van der Waals surface area contributed by atoms with E-state index in [-0.39, 0.29) is 6.03 Å². The normalized spacial score (nSPS) is 17.3. The molecule has 0 spiro atoms. The average molecular weight is 325 g/mol. The van der Waals surface area contributed by atoms with Gasteiger partial charge in [0.2, 0.25) is 0 Å². The topological polar surface area (TPSA) is 50.4 Å². The number of hydrogen-bond acceptors (Lipinski definition) is 2. The van der Waals surface area contributed by atoms with Gasteiger partial charge in [0, 0.05) is 29.0 Å². The highest BCUT2D eigenvalue weighted by molar-refractivity contribution is 9.10. The summed E-state index contributed by atoms with van der Waals surface area (Å²) >= 11 is 3.50. The van der Waals surface area contributed by atoms with E-state index in [1.54, 1.807) is 0 Å². The zero-order valence-electron chi connectivity index (χ0n) is 10.7. The number of amides is 2. The van der Waals surface area contributed by atoms with Gasteiger partial charge in [0.15, 0.2) is 0 Å². The Hall–Kier alpha value is -1.23. The van der Waals surface area contributed by atoms with Crippen LogP contribution in [0.25, 0.3) is 0 Å². The molecule has 4 nitrogen and oxygen atoms in total. The van der Waals surface area contributed by atoms with Gasteiger partial charge in [-0.05, 0) is 37.0 Å². The molecule has 0 saturated heterocycles. The molecule has 2 N–H and O–H groups in total. The predicted octanol–water partition coefficient (Wildman–Crippen LogP) is 2.74. The van der Waals surface area contributed by atoms with Gasteiger partial charge in [0.05, 0.1) is 6.61 Å². The number of halogens is 1. The number of ether oxygens (including phenoxy) is 1. The molecular weight excluding hydrogens is 308 g/mol. The van der Waals surface area contributed by atoms with E-state index in [9.17, 15) is 4.79 Å². The second-order valence-corrected chi connectivity index (χ2v) is 6.02. The van der Waals surface area contributed by atoms with Crippen LogP contribution >= 0.6 is 15.9 Å². The molecule has 1 aromatic carbocycles. The number of hydrogen-bond donors (Lipinski definition) is 2. The molecule has 5 heteroatoms. The molecule has 0 radical (unpaired) electrons. The van der Waals surface area contributed by atoms with E-state index in [4.69, 9.17) is 4.74 Å². The van der Waals surface area contributed by atoms with Crippen molar-refractivity contribution < 1.29 is 9.53 Å². The Morgan fingerprint density at radius 1 is 1.42 bits per heavy atom. The molecule has 1 heterocycles. The van der Waals surface area contributed by atoms with Gasteiger partial charge in [0.1, 0.15) is 5.75 Å². The van der Waals surface area contributed by atoms with E-state index in [0.717, 1.165) is 41.7 Å². The molecule has 0 atom stereocenters. The van der Waals surface area contributed by atoms with Crippen molar-refractivity contribution in [2.45, 2.75) is 38.3 Å². The molecule has 0 aromatic heterocycles. The predicted molar refractivity (Wildman–Crippen MR) is 76.4 cm³/mol. The molecule has 1 fully saturated rings. The lowest BCUT2D eigenvalue weighted by Gasteiger charge is -2.26. The lowest BCUT2D eigenvalue weighted by Crippen LogP contribution is -2.44. The Balaban J connectivity index is 1.61. The van der Waals surface area contributed by atoms with Gasteiger partial charge in [0.25, 0.3) is 0 Å². The maximum atomic E-state index is 11.7. The van der Waals surface area contributed by atoms with Crippen LogP contribution in [-0.2, 0) is 13.0 Å². The number of rotatable bonds is 3. The monoisotopic (exact) mass is 324 g/mol. The highest BCUT2D eigenvalue weighted by Crippen LogP contribution is 2.32. The fourth-order valence-electron chi connectivity index (χ4n) is 2.44. The summed E-state index contributed by atoms with van der Waals surface area (Å²) in [4.78, 5) is 11.7. The van der Waals surface area contributed by atoms with Gasteiger partial charge in [-0.2, -0.15) is 0 Å². The zero-order chi connectivity index (χ0) is 13.2. The van der Waals surface area contributed by atoms with Crippen LogP contribution in [0.15, 0.2) is 16.6 Å². The zero-order valence-corrected chi connectivity index (χ0v) is 12.3.